The van der Waals surface area contributed by atoms with Gasteiger partial charge in [-0.1, -0.05) is 6.07 Å². The molecule has 3 rings (SSSR count). The molecule has 0 unspecified atom stereocenters. The molecule has 1 amide bonds. The second-order valence-electron chi connectivity index (χ2n) is 8.10. The Morgan fingerprint density at radius 2 is 1.47 bits per heavy atom. The van der Waals surface area contributed by atoms with Crippen LogP contribution in [-0.4, -0.2) is 46.6 Å². The maximum absolute atomic E-state index is 13.4. The van der Waals surface area contributed by atoms with E-state index in [0.29, 0.717) is 22.6 Å². The monoisotopic (exact) mass is 517 g/mol. The van der Waals surface area contributed by atoms with Gasteiger partial charge in [-0.15, -0.1) is 0 Å². The average Bonchev–Trinajstić information content (AvgIpc) is 2.86. The third-order valence-corrected chi connectivity index (χ3v) is 6.61. The minimum absolute atomic E-state index is 0.0569. The van der Waals surface area contributed by atoms with Crippen LogP contribution in [0.1, 0.15) is 29.8 Å². The highest BCUT2D eigenvalue weighted by Crippen LogP contribution is 2.32. The van der Waals surface area contributed by atoms with Gasteiger partial charge in [-0.2, -0.15) is 8.42 Å². The minimum Gasteiger partial charge on any atom is -0.497 e. The Morgan fingerprint density at radius 1 is 0.861 bits per heavy atom. The molecule has 0 fully saturated rings. The Hall–Kier alpha value is -3.79. The second kappa shape index (κ2) is 11.3. The lowest BCUT2D eigenvalue weighted by atomic mass is 10.1. The van der Waals surface area contributed by atoms with Gasteiger partial charge in [0.1, 0.15) is 22.2 Å². The number of ether oxygens (including phenoxy) is 3. The highest BCUT2D eigenvalue weighted by atomic mass is 32.2. The molecule has 0 radical (unpaired) electrons. The first-order valence-corrected chi connectivity index (χ1v) is 12.4. The summed E-state index contributed by atoms with van der Waals surface area (Å²) in [6, 6.07) is 13.8. The molecule has 0 aliphatic rings. The van der Waals surface area contributed by atoms with Crippen LogP contribution in [-0.2, 0) is 16.7 Å². The summed E-state index contributed by atoms with van der Waals surface area (Å²) < 4.78 is 59.9. The Bertz CT molecular complexity index is 1300. The smallest absolute Gasteiger partial charge is 0.339 e. The molecular weight excluding hydrogens is 489 g/mol. The third-order valence-electron chi connectivity index (χ3n) is 5.37. The summed E-state index contributed by atoms with van der Waals surface area (Å²) in [5.41, 5.74) is 0.987. The summed E-state index contributed by atoms with van der Waals surface area (Å²) in [6.45, 7) is 3.90. The van der Waals surface area contributed by atoms with Crippen LogP contribution in [0, 0.1) is 5.82 Å². The molecule has 0 spiro atoms. The Kier molecular flexibility index (Phi) is 8.41. The Labute approximate surface area is 210 Å². The van der Waals surface area contributed by atoms with E-state index in [0.717, 1.165) is 24.3 Å². The first-order valence-electron chi connectivity index (χ1n) is 11.0. The molecule has 3 aromatic carbocycles. The van der Waals surface area contributed by atoms with Gasteiger partial charge in [-0.25, -0.2) is 4.39 Å². The van der Waals surface area contributed by atoms with Gasteiger partial charge < -0.3 is 23.3 Å². The highest BCUT2D eigenvalue weighted by Gasteiger charge is 2.23. The lowest BCUT2D eigenvalue weighted by Crippen LogP contribution is -2.36. The molecule has 0 aliphatic heterocycles. The number of carbonyl (C=O) groups is 1. The number of hydrogen-bond donors (Lipinski definition) is 0. The van der Waals surface area contributed by atoms with E-state index in [2.05, 4.69) is 0 Å². The van der Waals surface area contributed by atoms with E-state index in [4.69, 9.17) is 18.4 Å². The normalized spacial score (nSPS) is 11.2. The van der Waals surface area contributed by atoms with Crippen LogP contribution in [0.5, 0.6) is 23.0 Å². The molecule has 0 saturated carbocycles. The molecular formula is C26H28FNO7S. The van der Waals surface area contributed by atoms with Crippen LogP contribution >= 0.6 is 0 Å². The predicted octanol–water partition coefficient (Wildman–Crippen LogP) is 4.67. The molecule has 0 aliphatic carbocycles. The average molecular weight is 518 g/mol. The summed E-state index contributed by atoms with van der Waals surface area (Å²) in [7, 11) is 0.132. The van der Waals surface area contributed by atoms with E-state index < -0.39 is 15.9 Å². The lowest BCUT2D eigenvalue weighted by Gasteiger charge is -2.27. The molecule has 0 N–H and O–H groups in total. The largest absolute Gasteiger partial charge is 0.497 e. The van der Waals surface area contributed by atoms with Crippen molar-refractivity contribution in [1.29, 1.82) is 0 Å². The molecule has 192 valence electrons. The molecule has 0 atom stereocenters. The van der Waals surface area contributed by atoms with Crippen molar-refractivity contribution in [3.63, 3.8) is 0 Å². The SMILES string of the molecule is COc1cc(OC)cc(C(=O)N(Cc2ccc(OC)c(OS(=O)(=O)c3ccc(F)cc3)c2)C(C)C)c1. The standard InChI is InChI=1S/C26H28FNO7S/c1-17(2)28(26(29)19-13-21(32-3)15-22(14-19)33-4)16-18-6-11-24(34-5)25(12-18)35-36(30,31)23-9-7-20(27)8-10-23/h6-15,17H,16H2,1-5H3. The number of halogens is 1. The highest BCUT2D eigenvalue weighted by molar-refractivity contribution is 7.87. The van der Waals surface area contributed by atoms with Crippen LogP contribution in [0.3, 0.4) is 0 Å². The maximum Gasteiger partial charge on any atom is 0.339 e. The van der Waals surface area contributed by atoms with Crippen LogP contribution in [0.25, 0.3) is 0 Å². The van der Waals surface area contributed by atoms with Crippen molar-refractivity contribution in [2.75, 3.05) is 21.3 Å². The summed E-state index contributed by atoms with van der Waals surface area (Å²) in [6.07, 6.45) is 0. The molecule has 8 nitrogen and oxygen atoms in total. The van der Waals surface area contributed by atoms with E-state index in [1.54, 1.807) is 35.2 Å². The van der Waals surface area contributed by atoms with E-state index in [9.17, 15) is 17.6 Å². The third kappa shape index (κ3) is 6.25. The first-order chi connectivity index (χ1) is 17.1. The second-order valence-corrected chi connectivity index (χ2v) is 9.65. The van der Waals surface area contributed by atoms with Crippen LogP contribution < -0.4 is 18.4 Å². The zero-order valence-electron chi connectivity index (χ0n) is 20.6. The van der Waals surface area contributed by atoms with Crippen molar-refractivity contribution >= 4 is 16.0 Å². The van der Waals surface area contributed by atoms with E-state index >= 15 is 0 Å². The summed E-state index contributed by atoms with van der Waals surface area (Å²) >= 11 is 0. The predicted molar refractivity (Wildman–Crippen MR) is 132 cm³/mol. The lowest BCUT2D eigenvalue weighted by molar-refractivity contribution is 0.0689. The molecule has 3 aromatic rings. The fourth-order valence-electron chi connectivity index (χ4n) is 3.43. The van der Waals surface area contributed by atoms with Gasteiger partial charge in [0.2, 0.25) is 0 Å². The van der Waals surface area contributed by atoms with Crippen molar-refractivity contribution < 1.29 is 36.0 Å². The van der Waals surface area contributed by atoms with E-state index in [1.807, 2.05) is 13.8 Å². The molecule has 10 heteroatoms. The number of amides is 1. The van der Waals surface area contributed by atoms with Gasteiger partial charge in [0, 0.05) is 24.2 Å². The van der Waals surface area contributed by atoms with Gasteiger partial charge in [0.25, 0.3) is 5.91 Å². The first kappa shape index (κ1) is 26.8. The number of methoxy groups -OCH3 is 3. The quantitative estimate of drug-likeness (QED) is 0.361. The molecule has 0 aromatic heterocycles. The molecule has 36 heavy (non-hydrogen) atoms. The number of benzene rings is 3. The van der Waals surface area contributed by atoms with E-state index in [1.165, 1.54) is 27.4 Å². The van der Waals surface area contributed by atoms with Crippen LogP contribution in [0.4, 0.5) is 4.39 Å². The maximum atomic E-state index is 13.4. The van der Waals surface area contributed by atoms with Gasteiger partial charge in [-0.05, 0) is 67.9 Å². The Balaban J connectivity index is 1.92. The van der Waals surface area contributed by atoms with Crippen molar-refractivity contribution in [2.45, 2.75) is 31.3 Å². The summed E-state index contributed by atoms with van der Waals surface area (Å²) in [5.74, 6) is 0.253. The fraction of sp³-hybridized carbons (Fsp3) is 0.269. The van der Waals surface area contributed by atoms with Gasteiger partial charge in [-0.3, -0.25) is 4.79 Å². The molecule has 0 bridgehead atoms. The van der Waals surface area contributed by atoms with Gasteiger partial charge in [0.05, 0.1) is 21.3 Å². The molecule has 0 heterocycles. The van der Waals surface area contributed by atoms with Crippen LogP contribution in [0.2, 0.25) is 0 Å². The van der Waals surface area contributed by atoms with Gasteiger partial charge in [0.15, 0.2) is 11.5 Å². The zero-order chi connectivity index (χ0) is 26.5. The fourth-order valence-corrected chi connectivity index (χ4v) is 4.37. The number of hydrogen-bond acceptors (Lipinski definition) is 7. The molecule has 0 saturated heterocycles. The van der Waals surface area contributed by atoms with Gasteiger partial charge >= 0.3 is 10.1 Å². The van der Waals surface area contributed by atoms with Crippen LogP contribution in [0.15, 0.2) is 65.6 Å². The Morgan fingerprint density at radius 3 is 2.00 bits per heavy atom. The summed E-state index contributed by atoms with van der Waals surface area (Å²) in [4.78, 5) is 14.8. The number of nitrogens with zero attached hydrogens (tertiary/aromatic N) is 1. The van der Waals surface area contributed by atoms with Crippen molar-refractivity contribution in [3.05, 3.63) is 77.6 Å². The minimum atomic E-state index is -4.25. The number of carbonyl (C=O) groups excluding carboxylic acids is 1. The van der Waals surface area contributed by atoms with Crippen molar-refractivity contribution in [2.24, 2.45) is 0 Å². The van der Waals surface area contributed by atoms with Crippen molar-refractivity contribution in [1.82, 2.24) is 4.90 Å². The van der Waals surface area contributed by atoms with Crippen molar-refractivity contribution in [3.8, 4) is 23.0 Å². The number of rotatable bonds is 10. The topological polar surface area (TPSA) is 91.4 Å². The zero-order valence-corrected chi connectivity index (χ0v) is 21.5. The van der Waals surface area contributed by atoms with E-state index in [-0.39, 0.29) is 34.9 Å². The summed E-state index contributed by atoms with van der Waals surface area (Å²) in [5, 5.41) is 0.